The molecule has 0 radical (unpaired) electrons. The summed E-state index contributed by atoms with van der Waals surface area (Å²) in [5, 5.41) is 0. The van der Waals surface area contributed by atoms with Crippen LogP contribution in [0.15, 0.2) is 40.9 Å². The molecule has 18 heavy (non-hydrogen) atoms. The van der Waals surface area contributed by atoms with E-state index in [2.05, 4.69) is 15.9 Å². The van der Waals surface area contributed by atoms with Crippen LogP contribution in [0.3, 0.4) is 0 Å². The summed E-state index contributed by atoms with van der Waals surface area (Å²) in [5.74, 6) is -0.0707. The minimum atomic E-state index is -0.421. The fourth-order valence-electron chi connectivity index (χ4n) is 1.52. The van der Waals surface area contributed by atoms with Gasteiger partial charge < -0.3 is 10.5 Å². The number of halogens is 3. The van der Waals surface area contributed by atoms with Gasteiger partial charge in [-0.25, -0.2) is 8.78 Å². The van der Waals surface area contributed by atoms with Crippen LogP contribution >= 0.6 is 15.9 Å². The van der Waals surface area contributed by atoms with Crippen molar-refractivity contribution in [3.8, 4) is 11.5 Å². The van der Waals surface area contributed by atoms with E-state index in [9.17, 15) is 8.78 Å². The molecular formula is C13H10BrF2NO. The van der Waals surface area contributed by atoms with Gasteiger partial charge >= 0.3 is 0 Å². The largest absolute Gasteiger partial charge is 0.457 e. The molecule has 0 saturated carbocycles. The van der Waals surface area contributed by atoms with E-state index in [-0.39, 0.29) is 12.4 Å². The number of hydrogen-bond donors (Lipinski definition) is 1. The van der Waals surface area contributed by atoms with Crippen LogP contribution in [0.1, 0.15) is 5.56 Å². The average Bonchev–Trinajstić information content (AvgIpc) is 2.30. The second-order valence-electron chi connectivity index (χ2n) is 3.66. The van der Waals surface area contributed by atoms with Crippen LogP contribution in [-0.4, -0.2) is 0 Å². The molecule has 2 N–H and O–H groups in total. The van der Waals surface area contributed by atoms with Crippen molar-refractivity contribution in [2.24, 2.45) is 5.73 Å². The molecule has 94 valence electrons. The van der Waals surface area contributed by atoms with Crippen LogP contribution in [0.4, 0.5) is 8.78 Å². The Morgan fingerprint density at radius 2 is 1.83 bits per heavy atom. The molecule has 0 fully saturated rings. The Balaban J connectivity index is 2.33. The lowest BCUT2D eigenvalue weighted by Gasteiger charge is -2.10. The molecule has 0 atom stereocenters. The summed E-state index contributed by atoms with van der Waals surface area (Å²) in [7, 11) is 0. The predicted molar refractivity (Wildman–Crippen MR) is 68.5 cm³/mol. The van der Waals surface area contributed by atoms with E-state index in [0.29, 0.717) is 21.5 Å². The second-order valence-corrected chi connectivity index (χ2v) is 4.58. The zero-order valence-electron chi connectivity index (χ0n) is 9.29. The fourth-order valence-corrected chi connectivity index (χ4v) is 1.97. The lowest BCUT2D eigenvalue weighted by molar-refractivity contribution is 0.468. The van der Waals surface area contributed by atoms with Crippen LogP contribution in [0.25, 0.3) is 0 Å². The standard InChI is InChI=1S/C13H10BrF2NO/c14-9-4-11(16)6-12(5-9)18-13-2-1-10(15)3-8(13)7-17/h1-6H,7,17H2. The van der Waals surface area contributed by atoms with Crippen molar-refractivity contribution >= 4 is 15.9 Å². The summed E-state index contributed by atoms with van der Waals surface area (Å²) in [6.07, 6.45) is 0. The second kappa shape index (κ2) is 5.46. The molecule has 0 saturated heterocycles. The average molecular weight is 314 g/mol. The van der Waals surface area contributed by atoms with Crippen molar-refractivity contribution in [1.82, 2.24) is 0 Å². The molecule has 0 aliphatic heterocycles. The Morgan fingerprint density at radius 1 is 1.06 bits per heavy atom. The Morgan fingerprint density at radius 3 is 2.50 bits per heavy atom. The monoisotopic (exact) mass is 313 g/mol. The Kier molecular flexibility index (Phi) is 3.93. The van der Waals surface area contributed by atoms with Gasteiger partial charge in [-0.2, -0.15) is 0 Å². The quantitative estimate of drug-likeness (QED) is 0.930. The van der Waals surface area contributed by atoms with Crippen molar-refractivity contribution in [3.05, 3.63) is 58.1 Å². The highest BCUT2D eigenvalue weighted by molar-refractivity contribution is 9.10. The van der Waals surface area contributed by atoms with Gasteiger partial charge in [-0.15, -0.1) is 0 Å². The molecule has 0 heterocycles. The third-order valence-electron chi connectivity index (χ3n) is 2.31. The minimum Gasteiger partial charge on any atom is -0.457 e. The van der Waals surface area contributed by atoms with E-state index in [4.69, 9.17) is 10.5 Å². The van der Waals surface area contributed by atoms with E-state index >= 15 is 0 Å². The Hall–Kier alpha value is -1.46. The van der Waals surface area contributed by atoms with Crippen LogP contribution < -0.4 is 10.5 Å². The molecule has 5 heteroatoms. The van der Waals surface area contributed by atoms with E-state index < -0.39 is 5.82 Å². The molecule has 2 aromatic carbocycles. The van der Waals surface area contributed by atoms with Gasteiger partial charge in [-0.05, 0) is 30.3 Å². The van der Waals surface area contributed by atoms with Crippen LogP contribution in [0.2, 0.25) is 0 Å². The van der Waals surface area contributed by atoms with E-state index in [0.717, 1.165) is 0 Å². The van der Waals surface area contributed by atoms with E-state index in [1.165, 1.54) is 30.3 Å². The lowest BCUT2D eigenvalue weighted by Crippen LogP contribution is -2.00. The Labute approximate surface area is 112 Å². The van der Waals surface area contributed by atoms with Crippen LogP contribution in [0.5, 0.6) is 11.5 Å². The van der Waals surface area contributed by atoms with Gasteiger partial charge in [-0.3, -0.25) is 0 Å². The summed E-state index contributed by atoms with van der Waals surface area (Å²) >= 11 is 3.17. The summed E-state index contributed by atoms with van der Waals surface area (Å²) in [4.78, 5) is 0. The highest BCUT2D eigenvalue weighted by Crippen LogP contribution is 2.28. The zero-order valence-corrected chi connectivity index (χ0v) is 10.9. The topological polar surface area (TPSA) is 35.2 Å². The summed E-state index contributed by atoms with van der Waals surface area (Å²) in [5.41, 5.74) is 6.03. The molecule has 2 nitrogen and oxygen atoms in total. The van der Waals surface area contributed by atoms with Crippen molar-refractivity contribution in [1.29, 1.82) is 0 Å². The third-order valence-corrected chi connectivity index (χ3v) is 2.76. The SMILES string of the molecule is NCc1cc(F)ccc1Oc1cc(F)cc(Br)c1. The van der Waals surface area contributed by atoms with E-state index in [1.54, 1.807) is 6.07 Å². The number of ether oxygens (including phenoxy) is 1. The lowest BCUT2D eigenvalue weighted by atomic mass is 10.2. The van der Waals surface area contributed by atoms with Crippen LogP contribution in [0, 0.1) is 11.6 Å². The van der Waals surface area contributed by atoms with Gasteiger partial charge in [0.2, 0.25) is 0 Å². The first-order valence-electron chi connectivity index (χ1n) is 5.21. The highest BCUT2D eigenvalue weighted by atomic mass is 79.9. The molecule has 0 aromatic heterocycles. The maximum atomic E-state index is 13.2. The van der Waals surface area contributed by atoms with Crippen molar-refractivity contribution in [3.63, 3.8) is 0 Å². The number of rotatable bonds is 3. The first-order chi connectivity index (χ1) is 8.58. The Bertz CT molecular complexity index is 555. The van der Waals surface area contributed by atoms with Crippen molar-refractivity contribution in [2.75, 3.05) is 0 Å². The molecule has 0 aliphatic carbocycles. The first kappa shape index (κ1) is 13.0. The summed E-state index contributed by atoms with van der Waals surface area (Å²) in [6.45, 7) is 0.142. The van der Waals surface area contributed by atoms with Gasteiger partial charge in [0, 0.05) is 22.6 Å². The molecular weight excluding hydrogens is 304 g/mol. The van der Waals surface area contributed by atoms with Gasteiger partial charge in [-0.1, -0.05) is 15.9 Å². The summed E-state index contributed by atoms with van der Waals surface area (Å²) < 4.78 is 32.3. The van der Waals surface area contributed by atoms with E-state index in [1.807, 2.05) is 0 Å². The minimum absolute atomic E-state index is 0.142. The van der Waals surface area contributed by atoms with Gasteiger partial charge in [0.1, 0.15) is 23.1 Å². The number of nitrogens with two attached hydrogens (primary N) is 1. The van der Waals surface area contributed by atoms with Crippen molar-refractivity contribution in [2.45, 2.75) is 6.54 Å². The number of benzene rings is 2. The van der Waals surface area contributed by atoms with Gasteiger partial charge in [0.05, 0.1) is 0 Å². The van der Waals surface area contributed by atoms with Gasteiger partial charge in [0.25, 0.3) is 0 Å². The number of hydrogen-bond acceptors (Lipinski definition) is 2. The maximum absolute atomic E-state index is 13.2. The third kappa shape index (κ3) is 3.05. The van der Waals surface area contributed by atoms with Crippen molar-refractivity contribution < 1.29 is 13.5 Å². The highest BCUT2D eigenvalue weighted by Gasteiger charge is 2.07. The maximum Gasteiger partial charge on any atom is 0.132 e. The molecule has 0 amide bonds. The molecule has 2 rings (SSSR count). The summed E-state index contributed by atoms with van der Waals surface area (Å²) in [6, 6.07) is 8.21. The molecule has 0 spiro atoms. The predicted octanol–water partition coefficient (Wildman–Crippen LogP) is 3.98. The van der Waals surface area contributed by atoms with Crippen LogP contribution in [-0.2, 0) is 6.54 Å². The molecule has 0 aliphatic rings. The first-order valence-corrected chi connectivity index (χ1v) is 6.00. The zero-order chi connectivity index (χ0) is 13.1. The normalized spacial score (nSPS) is 10.4. The molecule has 0 bridgehead atoms. The molecule has 2 aromatic rings. The fraction of sp³-hybridized carbons (Fsp3) is 0.0769. The smallest absolute Gasteiger partial charge is 0.132 e. The molecule has 0 unspecified atom stereocenters. The van der Waals surface area contributed by atoms with Gasteiger partial charge in [0.15, 0.2) is 0 Å².